The van der Waals surface area contributed by atoms with Crippen LogP contribution in [0.3, 0.4) is 0 Å². The molecule has 20 heavy (non-hydrogen) atoms. The van der Waals surface area contributed by atoms with E-state index in [4.69, 9.17) is 4.74 Å². The van der Waals surface area contributed by atoms with Gasteiger partial charge in [0.05, 0.1) is 6.04 Å². The molecule has 0 radical (unpaired) electrons. The fourth-order valence-electron chi connectivity index (χ4n) is 3.31. The van der Waals surface area contributed by atoms with Gasteiger partial charge in [-0.25, -0.2) is 4.98 Å². The van der Waals surface area contributed by atoms with Crippen molar-refractivity contribution in [2.24, 2.45) is 0 Å². The second kappa shape index (κ2) is 5.95. The van der Waals surface area contributed by atoms with Crippen LogP contribution >= 0.6 is 0 Å². The number of nitrogens with zero attached hydrogens (tertiary/aromatic N) is 3. The number of rotatable bonds is 3. The zero-order valence-corrected chi connectivity index (χ0v) is 12.1. The number of likely N-dealkylation sites (tertiary alicyclic amines) is 1. The first-order valence-corrected chi connectivity index (χ1v) is 7.71. The van der Waals surface area contributed by atoms with Crippen LogP contribution in [0.5, 0.6) is 0 Å². The van der Waals surface area contributed by atoms with Crippen molar-refractivity contribution in [3.8, 4) is 0 Å². The highest BCUT2D eigenvalue weighted by molar-refractivity contribution is 5.81. The van der Waals surface area contributed by atoms with Crippen LogP contribution in [0.15, 0.2) is 12.4 Å². The third kappa shape index (κ3) is 2.59. The molecule has 0 N–H and O–H groups in total. The smallest absolute Gasteiger partial charge is 0.251 e. The Balaban J connectivity index is 1.68. The van der Waals surface area contributed by atoms with Crippen molar-refractivity contribution in [1.82, 2.24) is 14.5 Å². The van der Waals surface area contributed by atoms with E-state index in [9.17, 15) is 4.79 Å². The molecule has 1 aromatic rings. The van der Waals surface area contributed by atoms with Crippen LogP contribution in [-0.4, -0.2) is 46.2 Å². The summed E-state index contributed by atoms with van der Waals surface area (Å²) in [6, 6.07) is 0.367. The summed E-state index contributed by atoms with van der Waals surface area (Å²) in [5.74, 6) is 1.30. The highest BCUT2D eigenvalue weighted by atomic mass is 16.5. The molecule has 0 aliphatic carbocycles. The van der Waals surface area contributed by atoms with Crippen molar-refractivity contribution >= 4 is 5.91 Å². The molecule has 0 bridgehead atoms. The fraction of sp³-hybridized carbons (Fsp3) is 0.733. The van der Waals surface area contributed by atoms with E-state index in [1.54, 1.807) is 0 Å². The molecule has 5 heteroatoms. The van der Waals surface area contributed by atoms with Gasteiger partial charge in [0, 0.05) is 38.5 Å². The monoisotopic (exact) mass is 277 g/mol. The van der Waals surface area contributed by atoms with E-state index in [0.29, 0.717) is 6.04 Å². The second-order valence-corrected chi connectivity index (χ2v) is 5.69. The van der Waals surface area contributed by atoms with Gasteiger partial charge in [-0.1, -0.05) is 6.92 Å². The maximum absolute atomic E-state index is 12.4. The van der Waals surface area contributed by atoms with E-state index in [1.165, 1.54) is 0 Å². The van der Waals surface area contributed by atoms with Crippen LogP contribution in [0, 0.1) is 0 Å². The Labute approximate surface area is 119 Å². The Hall–Kier alpha value is -1.36. The maximum Gasteiger partial charge on any atom is 0.251 e. The molecular weight excluding hydrogens is 254 g/mol. The molecule has 0 spiro atoms. The van der Waals surface area contributed by atoms with Crippen molar-refractivity contribution in [1.29, 1.82) is 0 Å². The number of aromatic nitrogens is 2. The molecule has 1 aromatic heterocycles. The summed E-state index contributed by atoms with van der Waals surface area (Å²) in [4.78, 5) is 18.8. The van der Waals surface area contributed by atoms with E-state index >= 15 is 0 Å². The van der Waals surface area contributed by atoms with Crippen molar-refractivity contribution < 1.29 is 9.53 Å². The minimum atomic E-state index is -0.192. The van der Waals surface area contributed by atoms with Crippen LogP contribution in [0.1, 0.15) is 44.5 Å². The van der Waals surface area contributed by atoms with Crippen molar-refractivity contribution in [2.45, 2.75) is 51.2 Å². The molecule has 0 unspecified atom stereocenters. The molecule has 3 rings (SSSR count). The highest BCUT2D eigenvalue weighted by Crippen LogP contribution is 2.25. The molecule has 5 nitrogen and oxygen atoms in total. The topological polar surface area (TPSA) is 47.4 Å². The molecule has 2 aliphatic rings. The SMILES string of the molecule is CCc1nccn1[C@@H]1CCCN(C(=O)[C@@H]2CCCO2)C1. The van der Waals surface area contributed by atoms with E-state index in [0.717, 1.165) is 57.6 Å². The van der Waals surface area contributed by atoms with Crippen molar-refractivity contribution in [2.75, 3.05) is 19.7 Å². The maximum atomic E-state index is 12.4. The number of carbonyl (C=O) groups is 1. The van der Waals surface area contributed by atoms with E-state index in [-0.39, 0.29) is 12.0 Å². The zero-order chi connectivity index (χ0) is 13.9. The van der Waals surface area contributed by atoms with Crippen LogP contribution in [0.25, 0.3) is 0 Å². The van der Waals surface area contributed by atoms with Crippen LogP contribution in [-0.2, 0) is 16.0 Å². The lowest BCUT2D eigenvalue weighted by Gasteiger charge is -2.35. The van der Waals surface area contributed by atoms with Crippen molar-refractivity contribution in [3.63, 3.8) is 0 Å². The van der Waals surface area contributed by atoms with Gasteiger partial charge in [0.2, 0.25) is 0 Å². The summed E-state index contributed by atoms with van der Waals surface area (Å²) in [5, 5.41) is 0. The number of carbonyl (C=O) groups excluding carboxylic acids is 1. The first-order chi connectivity index (χ1) is 9.79. The largest absolute Gasteiger partial charge is 0.368 e. The number of hydrogen-bond donors (Lipinski definition) is 0. The van der Waals surface area contributed by atoms with Gasteiger partial charge in [0.1, 0.15) is 11.9 Å². The Bertz CT molecular complexity index is 465. The first-order valence-electron chi connectivity index (χ1n) is 7.71. The Kier molecular flexibility index (Phi) is 4.05. The zero-order valence-electron chi connectivity index (χ0n) is 12.1. The van der Waals surface area contributed by atoms with Crippen LogP contribution in [0.4, 0.5) is 0 Å². The van der Waals surface area contributed by atoms with Gasteiger partial charge in [-0.05, 0) is 25.7 Å². The lowest BCUT2D eigenvalue weighted by Crippen LogP contribution is -2.45. The van der Waals surface area contributed by atoms with E-state index in [2.05, 4.69) is 16.5 Å². The Morgan fingerprint density at radius 1 is 1.45 bits per heavy atom. The lowest BCUT2D eigenvalue weighted by atomic mass is 10.0. The average Bonchev–Trinajstić information content (AvgIpc) is 3.17. The lowest BCUT2D eigenvalue weighted by molar-refractivity contribution is -0.142. The normalized spacial score (nSPS) is 26.9. The number of hydrogen-bond acceptors (Lipinski definition) is 3. The first kappa shape index (κ1) is 13.6. The van der Waals surface area contributed by atoms with Crippen LogP contribution < -0.4 is 0 Å². The van der Waals surface area contributed by atoms with Gasteiger partial charge in [0.25, 0.3) is 5.91 Å². The van der Waals surface area contributed by atoms with Gasteiger partial charge in [-0.2, -0.15) is 0 Å². The number of piperidine rings is 1. The van der Waals surface area contributed by atoms with Gasteiger partial charge < -0.3 is 14.2 Å². The Morgan fingerprint density at radius 3 is 3.10 bits per heavy atom. The van der Waals surface area contributed by atoms with Gasteiger partial charge in [-0.15, -0.1) is 0 Å². The molecule has 110 valence electrons. The number of ether oxygens (including phenoxy) is 1. The minimum absolute atomic E-state index is 0.186. The molecule has 0 saturated carbocycles. The predicted molar refractivity (Wildman–Crippen MR) is 75.4 cm³/mol. The van der Waals surface area contributed by atoms with Gasteiger partial charge in [0.15, 0.2) is 0 Å². The summed E-state index contributed by atoms with van der Waals surface area (Å²) in [6.07, 6.45) is 8.72. The van der Waals surface area contributed by atoms with E-state index in [1.807, 2.05) is 17.3 Å². The highest BCUT2D eigenvalue weighted by Gasteiger charge is 2.32. The third-order valence-electron chi connectivity index (χ3n) is 4.37. The fourth-order valence-corrected chi connectivity index (χ4v) is 3.31. The summed E-state index contributed by atoms with van der Waals surface area (Å²) in [6.45, 7) is 4.51. The number of imidazole rings is 1. The quantitative estimate of drug-likeness (QED) is 0.846. The van der Waals surface area contributed by atoms with Gasteiger partial charge >= 0.3 is 0 Å². The van der Waals surface area contributed by atoms with Gasteiger partial charge in [-0.3, -0.25) is 4.79 Å². The minimum Gasteiger partial charge on any atom is -0.368 e. The molecule has 2 fully saturated rings. The number of aryl methyl sites for hydroxylation is 1. The molecular formula is C15H23N3O2. The molecule has 3 heterocycles. The summed E-state index contributed by atoms with van der Waals surface area (Å²) >= 11 is 0. The third-order valence-corrected chi connectivity index (χ3v) is 4.37. The standard InChI is InChI=1S/C15H23N3O2/c1-2-14-16-7-9-18(14)12-5-3-8-17(11-12)15(19)13-6-4-10-20-13/h7,9,12-13H,2-6,8,10-11H2,1H3/t12-,13+/m1/s1. The summed E-state index contributed by atoms with van der Waals surface area (Å²) < 4.78 is 7.77. The average molecular weight is 277 g/mol. The van der Waals surface area contributed by atoms with Crippen LogP contribution in [0.2, 0.25) is 0 Å². The second-order valence-electron chi connectivity index (χ2n) is 5.69. The molecule has 1 amide bonds. The molecule has 2 aliphatic heterocycles. The predicted octanol–water partition coefficient (Wildman–Crippen LogP) is 1.79. The Morgan fingerprint density at radius 2 is 2.35 bits per heavy atom. The molecule has 0 aromatic carbocycles. The summed E-state index contributed by atoms with van der Waals surface area (Å²) in [7, 11) is 0. The number of amides is 1. The summed E-state index contributed by atoms with van der Waals surface area (Å²) in [5.41, 5.74) is 0. The van der Waals surface area contributed by atoms with Crippen molar-refractivity contribution in [3.05, 3.63) is 18.2 Å². The molecule has 2 atom stereocenters. The van der Waals surface area contributed by atoms with E-state index < -0.39 is 0 Å². The molecule has 2 saturated heterocycles.